The zero-order valence-corrected chi connectivity index (χ0v) is 10.0. The van der Waals surface area contributed by atoms with Crippen molar-refractivity contribution in [2.24, 2.45) is 0 Å². The van der Waals surface area contributed by atoms with Gasteiger partial charge in [-0.2, -0.15) is 13.2 Å². The Kier molecular flexibility index (Phi) is 3.74. The molecule has 2 nitrogen and oxygen atoms in total. The summed E-state index contributed by atoms with van der Waals surface area (Å²) >= 11 is 0. The highest BCUT2D eigenvalue weighted by atomic mass is 19.4. The number of benzene rings is 2. The Morgan fingerprint density at radius 2 is 1.60 bits per heavy atom. The third-order valence-corrected chi connectivity index (χ3v) is 2.57. The van der Waals surface area contributed by atoms with E-state index in [2.05, 4.69) is 5.32 Å². The predicted molar refractivity (Wildman–Crippen MR) is 65.8 cm³/mol. The van der Waals surface area contributed by atoms with Gasteiger partial charge in [0.1, 0.15) is 11.4 Å². The molecule has 2 aromatic carbocycles. The van der Waals surface area contributed by atoms with Crippen LogP contribution in [-0.2, 0) is 6.18 Å². The van der Waals surface area contributed by atoms with Crippen molar-refractivity contribution in [2.45, 2.75) is 6.18 Å². The highest BCUT2D eigenvalue weighted by Gasteiger charge is 2.38. The lowest BCUT2D eigenvalue weighted by Gasteiger charge is -2.13. The largest absolute Gasteiger partial charge is 0.420 e. The number of rotatable bonds is 2. The van der Waals surface area contributed by atoms with Crippen molar-refractivity contribution < 1.29 is 22.4 Å². The summed E-state index contributed by atoms with van der Waals surface area (Å²) in [5.41, 5.74) is -1.98. The van der Waals surface area contributed by atoms with Gasteiger partial charge in [-0.05, 0) is 24.3 Å². The Hall–Kier alpha value is -2.37. The second-order valence-corrected chi connectivity index (χ2v) is 3.98. The van der Waals surface area contributed by atoms with Gasteiger partial charge in [-0.1, -0.05) is 24.3 Å². The fourth-order valence-corrected chi connectivity index (χ4v) is 1.72. The molecule has 0 aliphatic heterocycles. The van der Waals surface area contributed by atoms with E-state index in [1.807, 2.05) is 0 Å². The minimum atomic E-state index is -4.94. The number of carbonyl (C=O) groups excluding carboxylic acids is 1. The van der Waals surface area contributed by atoms with E-state index >= 15 is 0 Å². The fourth-order valence-electron chi connectivity index (χ4n) is 1.72. The van der Waals surface area contributed by atoms with E-state index in [4.69, 9.17) is 0 Å². The summed E-state index contributed by atoms with van der Waals surface area (Å²) in [4.78, 5) is 11.9. The maximum atomic E-state index is 13.3. The molecule has 104 valence electrons. The van der Waals surface area contributed by atoms with Gasteiger partial charge in [0, 0.05) is 5.69 Å². The van der Waals surface area contributed by atoms with Crippen molar-refractivity contribution in [3.05, 3.63) is 65.5 Å². The van der Waals surface area contributed by atoms with Crippen LogP contribution in [0.2, 0.25) is 0 Å². The van der Waals surface area contributed by atoms with Crippen molar-refractivity contribution in [1.82, 2.24) is 0 Å². The smallest absolute Gasteiger partial charge is 0.322 e. The van der Waals surface area contributed by atoms with Crippen molar-refractivity contribution in [1.29, 1.82) is 0 Å². The third-order valence-electron chi connectivity index (χ3n) is 2.57. The molecule has 1 N–H and O–H groups in total. The molecule has 0 aliphatic rings. The molecule has 1 amide bonds. The van der Waals surface area contributed by atoms with E-state index in [1.165, 1.54) is 12.1 Å². The van der Waals surface area contributed by atoms with Crippen LogP contribution >= 0.6 is 0 Å². The molecule has 0 unspecified atom stereocenters. The van der Waals surface area contributed by atoms with Crippen LogP contribution in [0.15, 0.2) is 48.5 Å². The van der Waals surface area contributed by atoms with Gasteiger partial charge in [0.2, 0.25) is 0 Å². The summed E-state index contributed by atoms with van der Waals surface area (Å²) in [5.74, 6) is -2.48. The van der Waals surface area contributed by atoms with Crippen molar-refractivity contribution in [3.8, 4) is 0 Å². The zero-order chi connectivity index (χ0) is 14.8. The summed E-state index contributed by atoms with van der Waals surface area (Å²) in [6, 6.07) is 10.6. The van der Waals surface area contributed by atoms with Gasteiger partial charge in [-0.25, -0.2) is 4.39 Å². The molecule has 0 spiro atoms. The monoisotopic (exact) mass is 283 g/mol. The molecule has 0 heterocycles. The maximum absolute atomic E-state index is 13.3. The van der Waals surface area contributed by atoms with Gasteiger partial charge >= 0.3 is 6.18 Å². The van der Waals surface area contributed by atoms with Gasteiger partial charge in [0.25, 0.3) is 5.91 Å². The highest BCUT2D eigenvalue weighted by molar-refractivity contribution is 6.05. The molecule has 2 aromatic rings. The van der Waals surface area contributed by atoms with Crippen LogP contribution in [0.4, 0.5) is 23.2 Å². The van der Waals surface area contributed by atoms with E-state index < -0.39 is 29.0 Å². The van der Waals surface area contributed by atoms with E-state index in [1.54, 1.807) is 18.2 Å². The Balaban J connectivity index is 2.38. The molecular weight excluding hydrogens is 274 g/mol. The Morgan fingerprint density at radius 3 is 2.20 bits per heavy atom. The van der Waals surface area contributed by atoms with Crippen LogP contribution in [0.3, 0.4) is 0 Å². The first-order valence-electron chi connectivity index (χ1n) is 5.61. The maximum Gasteiger partial charge on any atom is 0.420 e. The molecule has 0 atom stereocenters. The molecule has 0 saturated carbocycles. The van der Waals surface area contributed by atoms with Crippen LogP contribution in [0.5, 0.6) is 0 Å². The molecule has 0 bridgehead atoms. The first-order valence-corrected chi connectivity index (χ1v) is 5.61. The van der Waals surface area contributed by atoms with Crippen molar-refractivity contribution >= 4 is 11.6 Å². The summed E-state index contributed by atoms with van der Waals surface area (Å²) < 4.78 is 51.7. The fraction of sp³-hybridized carbons (Fsp3) is 0.0714. The average molecular weight is 283 g/mol. The van der Waals surface area contributed by atoms with E-state index in [-0.39, 0.29) is 0 Å². The normalized spacial score (nSPS) is 11.2. The molecule has 0 aromatic heterocycles. The van der Waals surface area contributed by atoms with Crippen LogP contribution in [0.1, 0.15) is 15.9 Å². The molecule has 0 fully saturated rings. The quantitative estimate of drug-likeness (QED) is 0.826. The predicted octanol–water partition coefficient (Wildman–Crippen LogP) is 4.10. The lowest BCUT2D eigenvalue weighted by Crippen LogP contribution is -2.20. The van der Waals surface area contributed by atoms with E-state index in [9.17, 15) is 22.4 Å². The number of alkyl halides is 3. The van der Waals surface area contributed by atoms with Gasteiger partial charge in [0.05, 0.1) is 5.56 Å². The van der Waals surface area contributed by atoms with Gasteiger partial charge < -0.3 is 5.32 Å². The Morgan fingerprint density at radius 1 is 0.950 bits per heavy atom. The number of carbonyl (C=O) groups is 1. The number of amides is 1. The molecule has 6 heteroatoms. The highest BCUT2D eigenvalue weighted by Crippen LogP contribution is 2.34. The van der Waals surface area contributed by atoms with Crippen molar-refractivity contribution in [2.75, 3.05) is 5.32 Å². The van der Waals surface area contributed by atoms with Crippen LogP contribution in [0.25, 0.3) is 0 Å². The number of nitrogens with one attached hydrogen (secondary N) is 1. The molecular formula is C14H9F4NO. The summed E-state index contributed by atoms with van der Waals surface area (Å²) in [6.45, 7) is 0. The SMILES string of the molecule is O=C(Nc1ccccc1)c1cccc(F)c1C(F)(F)F. The standard InChI is InChI=1S/C14H9F4NO/c15-11-8-4-7-10(12(11)14(16,17)18)13(20)19-9-5-2-1-3-6-9/h1-8H,(H,19,20). The van der Waals surface area contributed by atoms with Crippen LogP contribution < -0.4 is 5.32 Å². The minimum absolute atomic E-state index is 0.329. The second-order valence-electron chi connectivity index (χ2n) is 3.98. The number of hydrogen-bond acceptors (Lipinski definition) is 1. The molecule has 0 saturated heterocycles. The average Bonchev–Trinajstić information content (AvgIpc) is 2.38. The van der Waals surface area contributed by atoms with Gasteiger partial charge in [0.15, 0.2) is 0 Å². The lowest BCUT2D eigenvalue weighted by atomic mass is 10.1. The molecule has 2 rings (SSSR count). The van der Waals surface area contributed by atoms with Gasteiger partial charge in [-0.3, -0.25) is 4.79 Å². The molecule has 0 radical (unpaired) electrons. The topological polar surface area (TPSA) is 29.1 Å². The van der Waals surface area contributed by atoms with E-state index in [0.717, 1.165) is 12.1 Å². The lowest BCUT2D eigenvalue weighted by molar-refractivity contribution is -0.140. The summed E-state index contributed by atoms with van der Waals surface area (Å²) in [7, 11) is 0. The second kappa shape index (κ2) is 5.32. The molecule has 20 heavy (non-hydrogen) atoms. The third kappa shape index (κ3) is 2.96. The zero-order valence-electron chi connectivity index (χ0n) is 10.0. The summed E-state index contributed by atoms with van der Waals surface area (Å²) in [5, 5.41) is 2.29. The number of anilines is 1. The van der Waals surface area contributed by atoms with Crippen molar-refractivity contribution in [3.63, 3.8) is 0 Å². The first kappa shape index (κ1) is 14.0. The Labute approximate surface area is 112 Å². The Bertz CT molecular complexity index is 623. The number of halogens is 4. The number of para-hydroxylation sites is 1. The number of hydrogen-bond donors (Lipinski definition) is 1. The van der Waals surface area contributed by atoms with Gasteiger partial charge in [-0.15, -0.1) is 0 Å². The van der Waals surface area contributed by atoms with E-state index in [0.29, 0.717) is 11.8 Å². The molecule has 0 aliphatic carbocycles. The van der Waals surface area contributed by atoms with Crippen LogP contribution in [0, 0.1) is 5.82 Å². The summed E-state index contributed by atoms with van der Waals surface area (Å²) in [6.07, 6.45) is -4.94. The minimum Gasteiger partial charge on any atom is -0.322 e. The first-order chi connectivity index (χ1) is 9.39. The van der Waals surface area contributed by atoms with Crippen LogP contribution in [-0.4, -0.2) is 5.91 Å².